The number of fused-ring (bicyclic) bond motifs is 2. The Kier molecular flexibility index (Phi) is 1.65. The van der Waals surface area contributed by atoms with Gasteiger partial charge in [0.05, 0.1) is 5.57 Å². The van der Waals surface area contributed by atoms with Crippen molar-refractivity contribution >= 4 is 5.57 Å². The monoisotopic (exact) mass is 207 g/mol. The van der Waals surface area contributed by atoms with Crippen LogP contribution >= 0.6 is 0 Å². The first-order chi connectivity index (χ1) is 7.25. The van der Waals surface area contributed by atoms with E-state index in [2.05, 4.69) is 5.32 Å². The standard InChI is InChI=1S/C11H8F2N2/c12-9-5-7-6-15-4-2-1-3-8(15)10(7)11(13)14-9/h1-5,11H,6H2/p+1. The van der Waals surface area contributed by atoms with Gasteiger partial charge in [-0.1, -0.05) is 0 Å². The highest BCUT2D eigenvalue weighted by atomic mass is 19.2. The van der Waals surface area contributed by atoms with Gasteiger partial charge < -0.3 is 5.32 Å². The molecule has 0 spiro atoms. The highest BCUT2D eigenvalue weighted by molar-refractivity contribution is 5.72. The van der Waals surface area contributed by atoms with Crippen LogP contribution in [0.2, 0.25) is 0 Å². The Morgan fingerprint density at radius 3 is 3.13 bits per heavy atom. The fourth-order valence-electron chi connectivity index (χ4n) is 2.10. The molecule has 1 aromatic rings. The minimum Gasteiger partial charge on any atom is -0.328 e. The van der Waals surface area contributed by atoms with Crippen LogP contribution in [0.3, 0.4) is 0 Å². The molecule has 2 aliphatic rings. The van der Waals surface area contributed by atoms with Crippen molar-refractivity contribution in [3.8, 4) is 0 Å². The lowest BCUT2D eigenvalue weighted by Gasteiger charge is -2.14. The van der Waals surface area contributed by atoms with Crippen molar-refractivity contribution in [3.05, 3.63) is 47.7 Å². The zero-order valence-corrected chi connectivity index (χ0v) is 7.87. The summed E-state index contributed by atoms with van der Waals surface area (Å²) in [5.74, 6) is -0.602. The third-order valence-corrected chi connectivity index (χ3v) is 2.72. The Morgan fingerprint density at radius 2 is 2.27 bits per heavy atom. The number of halogens is 2. The predicted molar refractivity (Wildman–Crippen MR) is 50.8 cm³/mol. The first kappa shape index (κ1) is 8.59. The molecule has 2 aliphatic heterocycles. The van der Waals surface area contributed by atoms with E-state index in [0.29, 0.717) is 17.7 Å². The van der Waals surface area contributed by atoms with E-state index in [1.165, 1.54) is 6.08 Å². The second-order valence-corrected chi connectivity index (χ2v) is 3.65. The number of hydrogen-bond donors (Lipinski definition) is 1. The molecular formula is C11H9F2N2+. The van der Waals surface area contributed by atoms with Gasteiger partial charge in [-0.2, -0.15) is 8.96 Å². The summed E-state index contributed by atoms with van der Waals surface area (Å²) in [4.78, 5) is 0. The van der Waals surface area contributed by atoms with Crippen LogP contribution in [-0.4, -0.2) is 6.30 Å². The summed E-state index contributed by atoms with van der Waals surface area (Å²) in [5.41, 5.74) is 2.08. The first-order valence-corrected chi connectivity index (χ1v) is 4.75. The fourth-order valence-corrected chi connectivity index (χ4v) is 2.10. The zero-order valence-electron chi connectivity index (χ0n) is 7.87. The highest BCUT2D eigenvalue weighted by Gasteiger charge is 2.36. The van der Waals surface area contributed by atoms with E-state index in [1.54, 1.807) is 0 Å². The van der Waals surface area contributed by atoms with Crippen LogP contribution < -0.4 is 9.88 Å². The molecule has 0 amide bonds. The number of allylic oxidation sites excluding steroid dienone is 2. The van der Waals surface area contributed by atoms with E-state index in [-0.39, 0.29) is 0 Å². The first-order valence-electron chi connectivity index (χ1n) is 4.75. The molecule has 1 N–H and O–H groups in total. The van der Waals surface area contributed by atoms with Gasteiger partial charge in [-0.15, -0.1) is 0 Å². The third-order valence-electron chi connectivity index (χ3n) is 2.72. The number of aromatic nitrogens is 1. The SMILES string of the molecule is FC1=CC2=C(c3cccc[n+]3C2)C(F)N1. The van der Waals surface area contributed by atoms with Crippen LogP contribution in [0.1, 0.15) is 5.69 Å². The van der Waals surface area contributed by atoms with Gasteiger partial charge in [-0.3, -0.25) is 0 Å². The van der Waals surface area contributed by atoms with E-state index >= 15 is 0 Å². The molecule has 0 bridgehead atoms. The molecular weight excluding hydrogens is 198 g/mol. The fraction of sp³-hybridized carbons (Fsp3) is 0.182. The molecule has 1 aromatic heterocycles. The number of alkyl halides is 1. The third kappa shape index (κ3) is 1.17. The molecule has 15 heavy (non-hydrogen) atoms. The summed E-state index contributed by atoms with van der Waals surface area (Å²) < 4.78 is 28.5. The lowest BCUT2D eigenvalue weighted by molar-refractivity contribution is -0.686. The van der Waals surface area contributed by atoms with Crippen molar-refractivity contribution in [2.75, 3.05) is 0 Å². The van der Waals surface area contributed by atoms with Gasteiger partial charge in [0.2, 0.25) is 12.0 Å². The normalized spacial score (nSPS) is 23.1. The smallest absolute Gasteiger partial charge is 0.214 e. The Balaban J connectivity index is 2.17. The number of pyridine rings is 1. The second-order valence-electron chi connectivity index (χ2n) is 3.65. The molecule has 3 rings (SSSR count). The molecule has 0 aromatic carbocycles. The van der Waals surface area contributed by atoms with Crippen LogP contribution in [-0.2, 0) is 6.54 Å². The van der Waals surface area contributed by atoms with Gasteiger partial charge in [-0.25, -0.2) is 4.39 Å². The molecule has 0 saturated heterocycles. The number of rotatable bonds is 0. The summed E-state index contributed by atoms with van der Waals surface area (Å²) in [6, 6.07) is 5.57. The van der Waals surface area contributed by atoms with E-state index in [1.807, 2.05) is 29.0 Å². The van der Waals surface area contributed by atoms with Gasteiger partial charge in [0.25, 0.3) is 0 Å². The quantitative estimate of drug-likeness (QED) is 0.503. The molecule has 0 fully saturated rings. The van der Waals surface area contributed by atoms with Gasteiger partial charge in [0, 0.05) is 23.8 Å². The van der Waals surface area contributed by atoms with Crippen molar-refractivity contribution in [3.63, 3.8) is 0 Å². The van der Waals surface area contributed by atoms with Crippen LogP contribution in [0.25, 0.3) is 5.57 Å². The maximum Gasteiger partial charge on any atom is 0.214 e. The topological polar surface area (TPSA) is 15.9 Å². The lowest BCUT2D eigenvalue weighted by Crippen LogP contribution is -2.34. The van der Waals surface area contributed by atoms with E-state index in [9.17, 15) is 8.78 Å². The highest BCUT2D eigenvalue weighted by Crippen LogP contribution is 2.30. The summed E-state index contributed by atoms with van der Waals surface area (Å²) in [5, 5.41) is 2.15. The minimum absolute atomic E-state index is 0.543. The summed E-state index contributed by atoms with van der Waals surface area (Å²) in [7, 11) is 0. The van der Waals surface area contributed by atoms with Crippen LogP contribution in [0.5, 0.6) is 0 Å². The Labute approximate surface area is 85.5 Å². The molecule has 0 radical (unpaired) electrons. The van der Waals surface area contributed by atoms with Crippen molar-refractivity contribution in [2.24, 2.45) is 0 Å². The minimum atomic E-state index is -1.44. The number of hydrogen-bond acceptors (Lipinski definition) is 1. The Morgan fingerprint density at radius 1 is 1.40 bits per heavy atom. The molecule has 1 unspecified atom stereocenters. The molecule has 0 aliphatic carbocycles. The maximum atomic E-state index is 13.6. The van der Waals surface area contributed by atoms with Crippen molar-refractivity contribution in [2.45, 2.75) is 12.8 Å². The summed E-state index contributed by atoms with van der Waals surface area (Å²) in [6.07, 6.45) is 1.78. The molecule has 3 heterocycles. The zero-order chi connectivity index (χ0) is 10.4. The van der Waals surface area contributed by atoms with E-state index in [0.717, 1.165) is 5.69 Å². The molecule has 76 valence electrons. The lowest BCUT2D eigenvalue weighted by atomic mass is 10.0. The van der Waals surface area contributed by atoms with Gasteiger partial charge in [0.1, 0.15) is 0 Å². The molecule has 4 heteroatoms. The number of dihydropyridines is 1. The van der Waals surface area contributed by atoms with E-state index in [4.69, 9.17) is 0 Å². The van der Waals surface area contributed by atoms with Crippen molar-refractivity contribution in [1.29, 1.82) is 0 Å². The van der Waals surface area contributed by atoms with Crippen LogP contribution in [0.4, 0.5) is 8.78 Å². The van der Waals surface area contributed by atoms with Crippen molar-refractivity contribution < 1.29 is 13.3 Å². The molecule has 2 nitrogen and oxygen atoms in total. The number of nitrogens with zero attached hydrogens (tertiary/aromatic N) is 1. The van der Waals surface area contributed by atoms with E-state index < -0.39 is 12.2 Å². The average molecular weight is 207 g/mol. The average Bonchev–Trinajstić information content (AvgIpc) is 2.54. The second kappa shape index (κ2) is 2.89. The Hall–Kier alpha value is -1.71. The predicted octanol–water partition coefficient (Wildman–Crippen LogP) is 1.45. The Bertz CT molecular complexity index is 491. The summed E-state index contributed by atoms with van der Waals surface area (Å²) in [6.45, 7) is 0.543. The maximum absolute atomic E-state index is 13.6. The largest absolute Gasteiger partial charge is 0.328 e. The number of nitrogens with one attached hydrogen (secondary N) is 1. The van der Waals surface area contributed by atoms with Crippen LogP contribution in [0, 0.1) is 0 Å². The van der Waals surface area contributed by atoms with Crippen molar-refractivity contribution in [1.82, 2.24) is 5.32 Å². The van der Waals surface area contributed by atoms with Crippen LogP contribution in [0.15, 0.2) is 42.0 Å². The summed E-state index contributed by atoms with van der Waals surface area (Å²) >= 11 is 0. The van der Waals surface area contributed by atoms with Gasteiger partial charge in [-0.05, 0) is 6.07 Å². The van der Waals surface area contributed by atoms with Gasteiger partial charge in [0.15, 0.2) is 18.7 Å². The molecule has 0 saturated carbocycles. The molecule has 1 atom stereocenters. The van der Waals surface area contributed by atoms with Gasteiger partial charge >= 0.3 is 0 Å².